The fourth-order valence-corrected chi connectivity index (χ4v) is 3.45. The lowest BCUT2D eigenvalue weighted by atomic mass is 10.2. The van der Waals surface area contributed by atoms with Gasteiger partial charge < -0.3 is 14.2 Å². The summed E-state index contributed by atoms with van der Waals surface area (Å²) in [5.41, 5.74) is 1.22. The number of carbonyl (C=O) groups is 1. The molecular weight excluding hydrogens is 406 g/mol. The monoisotopic (exact) mass is 427 g/mol. The topological polar surface area (TPSA) is 103 Å². The normalized spacial score (nSPS) is 10.6. The van der Waals surface area contributed by atoms with Crippen LogP contribution < -0.4 is 4.74 Å². The average molecular weight is 427 g/mol. The van der Waals surface area contributed by atoms with Gasteiger partial charge in [-0.05, 0) is 43.0 Å². The smallest absolute Gasteiger partial charge is 0.284 e. The first-order valence-electron chi connectivity index (χ1n) is 9.10. The number of nitrogens with zero attached hydrogens (tertiary/aromatic N) is 5. The van der Waals surface area contributed by atoms with E-state index >= 15 is 0 Å². The Hall–Kier alpha value is -3.40. The maximum Gasteiger partial charge on any atom is 0.284 e. The second-order valence-electron chi connectivity index (χ2n) is 6.65. The van der Waals surface area contributed by atoms with Gasteiger partial charge in [0, 0.05) is 25.7 Å². The first kappa shape index (κ1) is 21.3. The SMILES string of the molecule is Cc1ccc(OCCN(C)C(=O)c2ccc(Sc3nncn3C)c([N+](=O)[O-])c2)cc1. The van der Waals surface area contributed by atoms with Crippen LogP contribution in [0.4, 0.5) is 5.69 Å². The highest BCUT2D eigenvalue weighted by Gasteiger charge is 2.21. The van der Waals surface area contributed by atoms with Crippen LogP contribution in [0.1, 0.15) is 15.9 Å². The van der Waals surface area contributed by atoms with Crippen molar-refractivity contribution < 1.29 is 14.5 Å². The van der Waals surface area contributed by atoms with Gasteiger partial charge in [-0.25, -0.2) is 0 Å². The molecule has 0 unspecified atom stereocenters. The Morgan fingerprint density at radius 1 is 1.27 bits per heavy atom. The summed E-state index contributed by atoms with van der Waals surface area (Å²) in [6.07, 6.45) is 1.51. The van der Waals surface area contributed by atoms with E-state index in [1.807, 2.05) is 31.2 Å². The molecule has 0 radical (unpaired) electrons. The molecule has 0 aliphatic carbocycles. The molecule has 1 aromatic heterocycles. The largest absolute Gasteiger partial charge is 0.492 e. The summed E-state index contributed by atoms with van der Waals surface area (Å²) in [6.45, 7) is 2.65. The molecule has 2 aromatic carbocycles. The van der Waals surface area contributed by atoms with E-state index in [0.717, 1.165) is 23.1 Å². The molecule has 9 nitrogen and oxygen atoms in total. The molecule has 0 saturated heterocycles. The van der Waals surface area contributed by atoms with Crippen molar-refractivity contribution in [3.05, 3.63) is 70.0 Å². The minimum atomic E-state index is -0.504. The van der Waals surface area contributed by atoms with E-state index in [0.29, 0.717) is 23.2 Å². The molecule has 10 heteroatoms. The number of hydrogen-bond donors (Lipinski definition) is 0. The summed E-state index contributed by atoms with van der Waals surface area (Å²) in [5, 5.41) is 19.7. The van der Waals surface area contributed by atoms with E-state index in [2.05, 4.69) is 10.2 Å². The lowest BCUT2D eigenvalue weighted by Gasteiger charge is -2.18. The molecule has 3 rings (SSSR count). The van der Waals surface area contributed by atoms with Gasteiger partial charge >= 0.3 is 0 Å². The number of aromatic nitrogens is 3. The van der Waals surface area contributed by atoms with Gasteiger partial charge in [0.2, 0.25) is 0 Å². The highest BCUT2D eigenvalue weighted by molar-refractivity contribution is 7.99. The first-order chi connectivity index (χ1) is 14.3. The number of rotatable bonds is 8. The van der Waals surface area contributed by atoms with E-state index in [-0.39, 0.29) is 17.2 Å². The second kappa shape index (κ2) is 9.40. The summed E-state index contributed by atoms with van der Waals surface area (Å²) < 4.78 is 7.31. The number of aryl methyl sites for hydroxylation is 2. The molecule has 1 heterocycles. The van der Waals surface area contributed by atoms with Crippen LogP contribution in [-0.4, -0.2) is 50.7 Å². The highest BCUT2D eigenvalue weighted by atomic mass is 32.2. The Morgan fingerprint density at radius 3 is 2.63 bits per heavy atom. The van der Waals surface area contributed by atoms with Gasteiger partial charge in [-0.3, -0.25) is 14.9 Å². The number of likely N-dealkylation sites (N-methyl/N-ethyl adjacent to an activating group) is 1. The van der Waals surface area contributed by atoms with E-state index < -0.39 is 4.92 Å². The highest BCUT2D eigenvalue weighted by Crippen LogP contribution is 2.34. The zero-order valence-corrected chi connectivity index (χ0v) is 17.6. The molecule has 0 fully saturated rings. The molecule has 0 aliphatic rings. The van der Waals surface area contributed by atoms with Crippen LogP contribution in [0.15, 0.2) is 58.8 Å². The van der Waals surface area contributed by atoms with Crippen LogP contribution in [0.25, 0.3) is 0 Å². The zero-order valence-electron chi connectivity index (χ0n) is 16.8. The molecular formula is C20H21N5O4S. The summed E-state index contributed by atoms with van der Waals surface area (Å²) in [7, 11) is 3.38. The molecule has 1 amide bonds. The molecule has 156 valence electrons. The fraction of sp³-hybridized carbons (Fsp3) is 0.250. The van der Waals surface area contributed by atoms with Crippen molar-refractivity contribution in [1.29, 1.82) is 0 Å². The van der Waals surface area contributed by atoms with Gasteiger partial charge in [-0.2, -0.15) is 0 Å². The van der Waals surface area contributed by atoms with Crippen molar-refractivity contribution >= 4 is 23.4 Å². The molecule has 30 heavy (non-hydrogen) atoms. The van der Waals surface area contributed by atoms with E-state index in [4.69, 9.17) is 4.74 Å². The minimum absolute atomic E-state index is 0.154. The summed E-state index contributed by atoms with van der Waals surface area (Å²) in [5.74, 6) is 0.406. The molecule has 0 bridgehead atoms. The molecule has 3 aromatic rings. The number of nitro benzene ring substituents is 1. The molecule has 0 atom stereocenters. The number of carbonyl (C=O) groups excluding carboxylic acids is 1. The van der Waals surface area contributed by atoms with Crippen LogP contribution in [0, 0.1) is 17.0 Å². The molecule has 0 spiro atoms. The number of hydrogen-bond acceptors (Lipinski definition) is 7. The average Bonchev–Trinajstić information content (AvgIpc) is 3.13. The number of ether oxygens (including phenoxy) is 1. The van der Waals surface area contributed by atoms with Gasteiger partial charge in [0.1, 0.15) is 18.7 Å². The van der Waals surface area contributed by atoms with Gasteiger partial charge in [0.15, 0.2) is 5.16 Å². The Morgan fingerprint density at radius 2 is 2.00 bits per heavy atom. The first-order valence-corrected chi connectivity index (χ1v) is 9.92. The lowest BCUT2D eigenvalue weighted by Crippen LogP contribution is -2.30. The van der Waals surface area contributed by atoms with Crippen molar-refractivity contribution in [2.75, 3.05) is 20.2 Å². The summed E-state index contributed by atoms with van der Waals surface area (Å²) >= 11 is 1.12. The molecule has 0 aliphatic heterocycles. The lowest BCUT2D eigenvalue weighted by molar-refractivity contribution is -0.387. The maximum absolute atomic E-state index is 12.7. The fourth-order valence-electron chi connectivity index (χ4n) is 2.60. The van der Waals surface area contributed by atoms with Gasteiger partial charge in [0.05, 0.1) is 16.4 Å². The Kier molecular flexibility index (Phi) is 6.68. The Labute approximate surface area is 177 Å². The molecule has 0 saturated carbocycles. The van der Waals surface area contributed by atoms with Crippen LogP contribution in [0.2, 0.25) is 0 Å². The van der Waals surface area contributed by atoms with Gasteiger partial charge in [0.25, 0.3) is 11.6 Å². The predicted octanol–water partition coefficient (Wildman–Crippen LogP) is 3.33. The third-order valence-electron chi connectivity index (χ3n) is 4.34. The van der Waals surface area contributed by atoms with Crippen molar-refractivity contribution in [3.63, 3.8) is 0 Å². The number of nitro groups is 1. The zero-order chi connectivity index (χ0) is 21.7. The van der Waals surface area contributed by atoms with Gasteiger partial charge in [-0.15, -0.1) is 10.2 Å². The van der Waals surface area contributed by atoms with E-state index in [9.17, 15) is 14.9 Å². The third-order valence-corrected chi connectivity index (χ3v) is 5.45. The maximum atomic E-state index is 12.7. The Balaban J connectivity index is 1.67. The molecule has 0 N–H and O–H groups in total. The summed E-state index contributed by atoms with van der Waals surface area (Å²) in [6, 6.07) is 12.1. The van der Waals surface area contributed by atoms with Crippen molar-refractivity contribution in [2.24, 2.45) is 7.05 Å². The number of benzene rings is 2. The van der Waals surface area contributed by atoms with E-state index in [1.54, 1.807) is 30.8 Å². The van der Waals surface area contributed by atoms with Crippen molar-refractivity contribution in [2.45, 2.75) is 17.0 Å². The van der Waals surface area contributed by atoms with Crippen molar-refractivity contribution in [3.8, 4) is 5.75 Å². The number of amides is 1. The second-order valence-corrected chi connectivity index (χ2v) is 7.66. The quantitative estimate of drug-likeness (QED) is 0.401. The Bertz CT molecular complexity index is 1050. The van der Waals surface area contributed by atoms with Crippen LogP contribution in [0.3, 0.4) is 0 Å². The van der Waals surface area contributed by atoms with E-state index in [1.165, 1.54) is 17.3 Å². The van der Waals surface area contributed by atoms with Crippen molar-refractivity contribution in [1.82, 2.24) is 19.7 Å². The van der Waals surface area contributed by atoms with Gasteiger partial charge in [-0.1, -0.05) is 17.7 Å². The van der Waals surface area contributed by atoms with Crippen LogP contribution in [0.5, 0.6) is 5.75 Å². The minimum Gasteiger partial charge on any atom is -0.492 e. The predicted molar refractivity (Wildman–Crippen MR) is 112 cm³/mol. The summed E-state index contributed by atoms with van der Waals surface area (Å²) in [4.78, 5) is 25.6. The van der Waals surface area contributed by atoms with Crippen LogP contribution in [-0.2, 0) is 7.05 Å². The third kappa shape index (κ3) is 5.15. The standard InChI is InChI=1S/C20H21N5O4S/c1-14-4-7-16(8-5-14)29-11-10-23(2)19(26)15-6-9-18(17(12-15)25(27)28)30-20-22-21-13-24(20)3/h4-9,12-13H,10-11H2,1-3H3. The van der Waals surface area contributed by atoms with Crippen LogP contribution >= 0.6 is 11.8 Å².